The first-order valence-corrected chi connectivity index (χ1v) is 7.29. The molecule has 6 heteroatoms. The molecule has 1 fully saturated rings. The average Bonchev–Trinajstić information content (AvgIpc) is 2.85. The molecule has 1 aliphatic heterocycles. The second kappa shape index (κ2) is 5.25. The van der Waals surface area contributed by atoms with Crippen LogP contribution in [0, 0.1) is 5.92 Å². The van der Waals surface area contributed by atoms with Crippen molar-refractivity contribution in [1.29, 1.82) is 0 Å². The lowest BCUT2D eigenvalue weighted by Gasteiger charge is -2.17. The third-order valence-electron chi connectivity index (χ3n) is 2.84. The highest BCUT2D eigenvalue weighted by atomic mass is 32.2. The summed E-state index contributed by atoms with van der Waals surface area (Å²) in [4.78, 5) is 3.51. The van der Waals surface area contributed by atoms with Crippen molar-refractivity contribution >= 4 is 34.1 Å². The van der Waals surface area contributed by atoms with Gasteiger partial charge in [0.2, 0.25) is 0 Å². The number of nitrogens with zero attached hydrogens (tertiary/aromatic N) is 2. The van der Waals surface area contributed by atoms with E-state index in [2.05, 4.69) is 9.27 Å². The van der Waals surface area contributed by atoms with Gasteiger partial charge in [0.05, 0.1) is 11.5 Å². The molecule has 1 unspecified atom stereocenters. The molecule has 1 aliphatic rings. The molecule has 16 heavy (non-hydrogen) atoms. The minimum absolute atomic E-state index is 0.642. The summed E-state index contributed by atoms with van der Waals surface area (Å²) in [5, 5.41) is 1.23. The first kappa shape index (κ1) is 12.0. The molecule has 0 aromatic carbocycles. The van der Waals surface area contributed by atoms with Crippen molar-refractivity contribution in [3.63, 3.8) is 0 Å². The van der Waals surface area contributed by atoms with E-state index in [1.807, 2.05) is 6.26 Å². The maximum absolute atomic E-state index is 5.84. The Hall–Kier alpha value is -0.460. The number of hydrogen-bond donors (Lipinski definition) is 1. The third kappa shape index (κ3) is 2.28. The van der Waals surface area contributed by atoms with E-state index in [0.29, 0.717) is 11.7 Å². The van der Waals surface area contributed by atoms with Gasteiger partial charge in [-0.2, -0.15) is 4.37 Å². The zero-order valence-electron chi connectivity index (χ0n) is 9.60. The van der Waals surface area contributed by atoms with Crippen LogP contribution in [0.4, 0.5) is 10.8 Å². The minimum atomic E-state index is 0.642. The van der Waals surface area contributed by atoms with Crippen molar-refractivity contribution in [3.05, 3.63) is 0 Å². The van der Waals surface area contributed by atoms with Crippen molar-refractivity contribution in [3.8, 4) is 0 Å². The predicted octanol–water partition coefficient (Wildman–Crippen LogP) is 1.92. The number of nitrogen functional groups attached to an aromatic ring is 1. The fourth-order valence-corrected chi connectivity index (χ4v) is 3.79. The van der Waals surface area contributed by atoms with Crippen LogP contribution >= 0.6 is 23.3 Å². The number of hydrogen-bond acceptors (Lipinski definition) is 6. The topological polar surface area (TPSA) is 51.4 Å². The Balaban J connectivity index is 2.08. The highest BCUT2D eigenvalue weighted by Gasteiger charge is 2.26. The Morgan fingerprint density at radius 3 is 3.19 bits per heavy atom. The lowest BCUT2D eigenvalue weighted by molar-refractivity contribution is 0.161. The predicted molar refractivity (Wildman–Crippen MR) is 70.5 cm³/mol. The highest BCUT2D eigenvalue weighted by Crippen LogP contribution is 2.39. The smallest absolute Gasteiger partial charge is 0.153 e. The van der Waals surface area contributed by atoms with E-state index >= 15 is 0 Å². The number of thioether (sulfide) groups is 1. The molecule has 0 aliphatic carbocycles. The molecule has 2 rings (SSSR count). The van der Waals surface area contributed by atoms with E-state index in [-0.39, 0.29) is 0 Å². The van der Waals surface area contributed by atoms with Gasteiger partial charge in [0.1, 0.15) is 5.00 Å². The van der Waals surface area contributed by atoms with Gasteiger partial charge in [0.25, 0.3) is 0 Å². The Morgan fingerprint density at radius 2 is 2.50 bits per heavy atom. The van der Waals surface area contributed by atoms with Crippen LogP contribution in [0.5, 0.6) is 0 Å². The fourth-order valence-electron chi connectivity index (χ4n) is 2.07. The van der Waals surface area contributed by atoms with Crippen LogP contribution < -0.4 is 10.6 Å². The molecule has 1 saturated heterocycles. The van der Waals surface area contributed by atoms with Gasteiger partial charge in [-0.25, -0.2) is 0 Å². The number of aromatic nitrogens is 1. The highest BCUT2D eigenvalue weighted by molar-refractivity contribution is 7.99. The van der Waals surface area contributed by atoms with Crippen molar-refractivity contribution < 1.29 is 4.74 Å². The van der Waals surface area contributed by atoms with Crippen LogP contribution in [-0.2, 0) is 4.74 Å². The fraction of sp³-hybridized carbons (Fsp3) is 0.700. The zero-order chi connectivity index (χ0) is 11.5. The van der Waals surface area contributed by atoms with E-state index in [1.165, 1.54) is 23.0 Å². The second-order valence-corrected chi connectivity index (χ2v) is 5.53. The lowest BCUT2D eigenvalue weighted by atomic mass is 10.1. The molecule has 1 aromatic rings. The number of methoxy groups -OCH3 is 1. The minimum Gasteiger partial charge on any atom is -0.384 e. The second-order valence-electron chi connectivity index (χ2n) is 3.96. The summed E-state index contributed by atoms with van der Waals surface area (Å²) in [7, 11) is 1.76. The SMILES string of the molecule is COCC1CCN(c2snc(N)c2SC)C1. The van der Waals surface area contributed by atoms with Crippen LogP contribution in [0.3, 0.4) is 0 Å². The van der Waals surface area contributed by atoms with Gasteiger partial charge in [-0.3, -0.25) is 0 Å². The van der Waals surface area contributed by atoms with Gasteiger partial charge in [0, 0.05) is 26.1 Å². The Bertz CT molecular complexity index is 356. The molecule has 1 aromatic heterocycles. The molecule has 0 bridgehead atoms. The largest absolute Gasteiger partial charge is 0.384 e. The summed E-state index contributed by atoms with van der Waals surface area (Å²) in [5.74, 6) is 1.31. The molecule has 0 saturated carbocycles. The lowest BCUT2D eigenvalue weighted by Crippen LogP contribution is -2.20. The van der Waals surface area contributed by atoms with E-state index in [9.17, 15) is 0 Å². The first-order chi connectivity index (χ1) is 7.76. The number of rotatable bonds is 4. The summed E-state index contributed by atoms with van der Waals surface area (Å²) in [5.41, 5.74) is 5.84. The van der Waals surface area contributed by atoms with Crippen LogP contribution in [0.25, 0.3) is 0 Å². The molecule has 0 radical (unpaired) electrons. The van der Waals surface area contributed by atoms with Crippen molar-refractivity contribution in [2.24, 2.45) is 5.92 Å². The van der Waals surface area contributed by atoms with Gasteiger partial charge >= 0.3 is 0 Å². The van der Waals surface area contributed by atoms with E-state index in [1.54, 1.807) is 18.9 Å². The molecule has 2 heterocycles. The molecule has 1 atom stereocenters. The standard InChI is InChI=1S/C10H17N3OS2/c1-14-6-7-3-4-13(5-7)10-8(15-2)9(11)12-16-10/h7H,3-6H2,1-2H3,(H2,11,12). The molecule has 0 spiro atoms. The van der Waals surface area contributed by atoms with Gasteiger partial charge in [-0.05, 0) is 24.2 Å². The van der Waals surface area contributed by atoms with Crippen LogP contribution in [0.15, 0.2) is 4.90 Å². The van der Waals surface area contributed by atoms with E-state index < -0.39 is 0 Å². The van der Waals surface area contributed by atoms with Gasteiger partial charge in [-0.15, -0.1) is 11.8 Å². The summed E-state index contributed by atoms with van der Waals surface area (Å²) in [6.07, 6.45) is 3.24. The van der Waals surface area contributed by atoms with Crippen molar-refractivity contribution in [2.75, 3.05) is 43.7 Å². The van der Waals surface area contributed by atoms with Crippen LogP contribution in [-0.4, -0.2) is 37.4 Å². The monoisotopic (exact) mass is 259 g/mol. The summed E-state index contributed by atoms with van der Waals surface area (Å²) in [6, 6.07) is 0. The quantitative estimate of drug-likeness (QED) is 0.837. The number of nitrogens with two attached hydrogens (primary N) is 1. The first-order valence-electron chi connectivity index (χ1n) is 5.29. The van der Waals surface area contributed by atoms with Gasteiger partial charge in [0.15, 0.2) is 5.82 Å². The Kier molecular flexibility index (Phi) is 3.94. The average molecular weight is 259 g/mol. The maximum atomic E-state index is 5.84. The molecular weight excluding hydrogens is 242 g/mol. The van der Waals surface area contributed by atoms with Crippen molar-refractivity contribution in [2.45, 2.75) is 11.3 Å². The van der Waals surface area contributed by atoms with Crippen molar-refractivity contribution in [1.82, 2.24) is 4.37 Å². The van der Waals surface area contributed by atoms with Gasteiger partial charge < -0.3 is 15.4 Å². The molecule has 4 nitrogen and oxygen atoms in total. The van der Waals surface area contributed by atoms with Crippen LogP contribution in [0.2, 0.25) is 0 Å². The van der Waals surface area contributed by atoms with E-state index in [0.717, 1.165) is 24.6 Å². The molecule has 0 amide bonds. The summed E-state index contributed by atoms with van der Waals surface area (Å²) in [6.45, 7) is 2.99. The molecule has 90 valence electrons. The molecule has 2 N–H and O–H groups in total. The zero-order valence-corrected chi connectivity index (χ0v) is 11.2. The Labute approximate surface area is 104 Å². The third-order valence-corrected chi connectivity index (χ3v) is 4.70. The van der Waals surface area contributed by atoms with E-state index in [4.69, 9.17) is 10.5 Å². The van der Waals surface area contributed by atoms with Crippen LogP contribution in [0.1, 0.15) is 6.42 Å². The number of ether oxygens (including phenoxy) is 1. The molecular formula is C10H17N3OS2. The van der Waals surface area contributed by atoms with Gasteiger partial charge in [-0.1, -0.05) is 0 Å². The summed E-state index contributed by atoms with van der Waals surface area (Å²) < 4.78 is 9.43. The summed E-state index contributed by atoms with van der Waals surface area (Å²) >= 11 is 3.19. The normalized spacial score (nSPS) is 20.6. The maximum Gasteiger partial charge on any atom is 0.153 e. The number of anilines is 2. The Morgan fingerprint density at radius 1 is 1.69 bits per heavy atom.